The van der Waals surface area contributed by atoms with E-state index in [1.54, 1.807) is 12.1 Å². The minimum Gasteiger partial charge on any atom is -0.349 e. The molecule has 1 aliphatic carbocycles. The van der Waals surface area contributed by atoms with Gasteiger partial charge in [-0.05, 0) is 37.0 Å². The van der Waals surface area contributed by atoms with Gasteiger partial charge in [-0.1, -0.05) is 25.0 Å². The van der Waals surface area contributed by atoms with E-state index in [0.29, 0.717) is 24.6 Å². The quantitative estimate of drug-likeness (QED) is 0.835. The molecule has 2 rings (SSSR count). The number of carbonyl (C=O) groups is 1. The zero-order valence-corrected chi connectivity index (χ0v) is 13.1. The highest BCUT2D eigenvalue weighted by atomic mass is 32.2. The first-order valence-electron chi connectivity index (χ1n) is 7.28. The van der Waals surface area contributed by atoms with Crippen LogP contribution < -0.4 is 10.0 Å². The third-order valence-corrected chi connectivity index (χ3v) is 4.41. The van der Waals surface area contributed by atoms with Gasteiger partial charge in [-0.3, -0.25) is 4.79 Å². The van der Waals surface area contributed by atoms with Gasteiger partial charge in [-0.15, -0.1) is 0 Å². The second-order valence-corrected chi connectivity index (χ2v) is 7.40. The average Bonchev–Trinajstić information content (AvgIpc) is 2.91. The molecule has 1 aromatic carbocycles. The van der Waals surface area contributed by atoms with Crippen LogP contribution in [0.1, 0.15) is 41.6 Å². The van der Waals surface area contributed by atoms with Crippen LogP contribution >= 0.6 is 0 Å². The van der Waals surface area contributed by atoms with Crippen LogP contribution in [-0.2, 0) is 16.4 Å². The van der Waals surface area contributed by atoms with Gasteiger partial charge in [0.2, 0.25) is 10.0 Å². The molecule has 1 saturated carbocycles. The van der Waals surface area contributed by atoms with Crippen LogP contribution in [0.2, 0.25) is 0 Å². The fourth-order valence-electron chi connectivity index (χ4n) is 2.54. The Morgan fingerprint density at radius 3 is 2.38 bits per heavy atom. The number of hydrogen-bond donors (Lipinski definition) is 2. The smallest absolute Gasteiger partial charge is 0.251 e. The highest BCUT2D eigenvalue weighted by Gasteiger charge is 2.17. The lowest BCUT2D eigenvalue weighted by Gasteiger charge is -2.12. The van der Waals surface area contributed by atoms with Gasteiger partial charge < -0.3 is 5.32 Å². The lowest BCUT2D eigenvalue weighted by atomic mass is 10.1. The van der Waals surface area contributed by atoms with Crippen LogP contribution in [0.15, 0.2) is 24.3 Å². The molecule has 0 saturated heterocycles. The molecule has 21 heavy (non-hydrogen) atoms. The molecule has 1 amide bonds. The van der Waals surface area contributed by atoms with Crippen molar-refractivity contribution < 1.29 is 13.2 Å². The molecule has 116 valence electrons. The van der Waals surface area contributed by atoms with E-state index in [1.165, 1.54) is 12.8 Å². The standard InChI is InChI=1S/C15H22N2O3S/c1-21(19,20)16-11-10-12-6-8-13(9-7-12)15(18)17-14-4-2-3-5-14/h6-9,14,16H,2-5,10-11H2,1H3,(H,17,18). The molecule has 0 aliphatic heterocycles. The monoisotopic (exact) mass is 310 g/mol. The van der Waals surface area contributed by atoms with Gasteiger partial charge in [-0.25, -0.2) is 13.1 Å². The van der Waals surface area contributed by atoms with Crippen LogP contribution in [-0.4, -0.2) is 33.2 Å². The van der Waals surface area contributed by atoms with Gasteiger partial charge in [0.05, 0.1) is 6.26 Å². The van der Waals surface area contributed by atoms with Gasteiger partial charge in [0, 0.05) is 18.2 Å². The number of hydrogen-bond acceptors (Lipinski definition) is 3. The summed E-state index contributed by atoms with van der Waals surface area (Å²) in [7, 11) is -3.14. The Bertz CT molecular complexity index is 575. The van der Waals surface area contributed by atoms with Crippen molar-refractivity contribution in [3.05, 3.63) is 35.4 Å². The van der Waals surface area contributed by atoms with Crippen molar-refractivity contribution in [2.45, 2.75) is 38.1 Å². The minimum absolute atomic E-state index is 0.0253. The molecule has 0 spiro atoms. The van der Waals surface area contributed by atoms with E-state index in [-0.39, 0.29) is 5.91 Å². The van der Waals surface area contributed by atoms with Gasteiger partial charge in [0.15, 0.2) is 0 Å². The Morgan fingerprint density at radius 1 is 1.19 bits per heavy atom. The summed E-state index contributed by atoms with van der Waals surface area (Å²) in [5, 5.41) is 3.05. The van der Waals surface area contributed by atoms with Crippen LogP contribution in [0.4, 0.5) is 0 Å². The molecule has 1 fully saturated rings. The Morgan fingerprint density at radius 2 is 1.81 bits per heavy atom. The van der Waals surface area contributed by atoms with E-state index in [9.17, 15) is 13.2 Å². The SMILES string of the molecule is CS(=O)(=O)NCCc1ccc(C(=O)NC2CCCC2)cc1. The van der Waals surface area contributed by atoms with E-state index in [4.69, 9.17) is 0 Å². The van der Waals surface area contributed by atoms with Crippen molar-refractivity contribution in [2.75, 3.05) is 12.8 Å². The fraction of sp³-hybridized carbons (Fsp3) is 0.533. The third kappa shape index (κ3) is 5.47. The molecule has 0 atom stereocenters. The first kappa shape index (κ1) is 16.0. The Kier molecular flexibility index (Phi) is 5.36. The zero-order valence-electron chi connectivity index (χ0n) is 12.3. The van der Waals surface area contributed by atoms with Crippen LogP contribution in [0.25, 0.3) is 0 Å². The van der Waals surface area contributed by atoms with Crippen molar-refractivity contribution >= 4 is 15.9 Å². The molecular formula is C15H22N2O3S. The number of nitrogens with one attached hydrogen (secondary N) is 2. The van der Waals surface area contributed by atoms with Crippen LogP contribution in [0.3, 0.4) is 0 Å². The highest BCUT2D eigenvalue weighted by molar-refractivity contribution is 7.88. The second kappa shape index (κ2) is 7.04. The van der Waals surface area contributed by atoms with Crippen LogP contribution in [0.5, 0.6) is 0 Å². The third-order valence-electron chi connectivity index (χ3n) is 3.68. The molecular weight excluding hydrogens is 288 g/mol. The van der Waals surface area contributed by atoms with Crippen molar-refractivity contribution in [2.24, 2.45) is 0 Å². The van der Waals surface area contributed by atoms with E-state index in [2.05, 4.69) is 10.0 Å². The van der Waals surface area contributed by atoms with Crippen molar-refractivity contribution in [3.63, 3.8) is 0 Å². The first-order chi connectivity index (χ1) is 9.94. The maximum absolute atomic E-state index is 12.1. The fourth-order valence-corrected chi connectivity index (χ4v) is 3.02. The van der Waals surface area contributed by atoms with Gasteiger partial charge in [-0.2, -0.15) is 0 Å². The van der Waals surface area contributed by atoms with Crippen molar-refractivity contribution in [1.82, 2.24) is 10.0 Å². The zero-order chi connectivity index (χ0) is 15.3. The summed E-state index contributed by atoms with van der Waals surface area (Å²) in [6.07, 6.45) is 6.28. The Hall–Kier alpha value is -1.40. The summed E-state index contributed by atoms with van der Waals surface area (Å²) < 4.78 is 24.4. The van der Waals surface area contributed by atoms with Gasteiger partial charge >= 0.3 is 0 Å². The largest absolute Gasteiger partial charge is 0.349 e. The number of rotatable bonds is 6. The highest BCUT2D eigenvalue weighted by Crippen LogP contribution is 2.18. The average molecular weight is 310 g/mol. The Labute approximate surface area is 126 Å². The molecule has 0 aromatic heterocycles. The number of sulfonamides is 1. The number of benzene rings is 1. The minimum atomic E-state index is -3.14. The summed E-state index contributed by atoms with van der Waals surface area (Å²) in [6.45, 7) is 0.368. The molecule has 5 nitrogen and oxygen atoms in total. The summed E-state index contributed by atoms with van der Waals surface area (Å²) in [5.41, 5.74) is 1.66. The van der Waals surface area contributed by atoms with E-state index in [1.807, 2.05) is 12.1 Å². The molecule has 6 heteroatoms. The topological polar surface area (TPSA) is 75.3 Å². The van der Waals surface area contributed by atoms with Gasteiger partial charge in [0.1, 0.15) is 0 Å². The molecule has 2 N–H and O–H groups in total. The van der Waals surface area contributed by atoms with Crippen LogP contribution in [0, 0.1) is 0 Å². The van der Waals surface area contributed by atoms with Gasteiger partial charge in [0.25, 0.3) is 5.91 Å². The molecule has 0 bridgehead atoms. The van der Waals surface area contributed by atoms with E-state index in [0.717, 1.165) is 24.7 Å². The maximum atomic E-state index is 12.1. The molecule has 0 heterocycles. The van der Waals surface area contributed by atoms with E-state index < -0.39 is 10.0 Å². The summed E-state index contributed by atoms with van der Waals surface area (Å²) in [6, 6.07) is 7.64. The molecule has 0 unspecified atom stereocenters. The predicted molar refractivity (Wildman–Crippen MR) is 82.7 cm³/mol. The summed E-state index contributed by atoms with van der Waals surface area (Å²) in [4.78, 5) is 12.1. The molecule has 1 aliphatic rings. The summed E-state index contributed by atoms with van der Waals surface area (Å²) >= 11 is 0. The molecule has 1 aromatic rings. The predicted octanol–water partition coefficient (Wildman–Crippen LogP) is 1.45. The lowest BCUT2D eigenvalue weighted by molar-refractivity contribution is 0.0938. The first-order valence-corrected chi connectivity index (χ1v) is 9.17. The van der Waals surface area contributed by atoms with Crippen molar-refractivity contribution in [1.29, 1.82) is 0 Å². The Balaban J connectivity index is 1.84. The second-order valence-electron chi connectivity index (χ2n) is 5.57. The van der Waals surface area contributed by atoms with E-state index >= 15 is 0 Å². The number of amides is 1. The summed E-state index contributed by atoms with van der Waals surface area (Å²) in [5.74, 6) is -0.0253. The van der Waals surface area contributed by atoms with Crippen molar-refractivity contribution in [3.8, 4) is 0 Å². The maximum Gasteiger partial charge on any atom is 0.251 e. The lowest BCUT2D eigenvalue weighted by Crippen LogP contribution is -2.32. The number of carbonyl (C=O) groups excluding carboxylic acids is 1. The normalized spacial score (nSPS) is 16.0. The molecule has 0 radical (unpaired) electrons.